The molecule has 0 amide bonds. The molecule has 0 fully saturated rings. The van der Waals surface area contributed by atoms with Crippen molar-refractivity contribution in [3.63, 3.8) is 0 Å². The van der Waals surface area contributed by atoms with Gasteiger partial charge in [0.2, 0.25) is 10.0 Å². The lowest BCUT2D eigenvalue weighted by atomic mass is 10.1. The summed E-state index contributed by atoms with van der Waals surface area (Å²) in [4.78, 5) is 11.6. The number of H-pyrrole nitrogens is 1. The number of Topliss-reactive ketones (excluding diaryl/α,β-unsaturated/α-hetero) is 1. The van der Waals surface area contributed by atoms with Crippen molar-refractivity contribution in [2.45, 2.75) is 24.7 Å². The minimum absolute atomic E-state index is 0.104. The smallest absolute Gasteiger partial charge is 0.242 e. The van der Waals surface area contributed by atoms with Crippen LogP contribution in [0.25, 0.3) is 11.3 Å². The minimum Gasteiger partial charge on any atom is -0.295 e. The molecule has 0 aliphatic heterocycles. The maximum Gasteiger partial charge on any atom is 0.242 e. The highest BCUT2D eigenvalue weighted by atomic mass is 32.2. The summed E-state index contributed by atoms with van der Waals surface area (Å²) in [6.07, 6.45) is 1.20. The number of aryl methyl sites for hydroxylation is 1. The third kappa shape index (κ3) is 4.96. The van der Waals surface area contributed by atoms with Gasteiger partial charge in [-0.15, -0.1) is 0 Å². The van der Waals surface area contributed by atoms with Gasteiger partial charge >= 0.3 is 0 Å². The lowest BCUT2D eigenvalue weighted by Crippen LogP contribution is -2.28. The van der Waals surface area contributed by atoms with Crippen LogP contribution in [0.3, 0.4) is 0 Å². The molecule has 0 unspecified atom stereocenters. The molecule has 8 heteroatoms. The third-order valence-electron chi connectivity index (χ3n) is 4.64. The fourth-order valence-electron chi connectivity index (χ4n) is 2.93. The maximum absolute atomic E-state index is 13.0. The Morgan fingerprint density at radius 1 is 1.14 bits per heavy atom. The number of hydrogen-bond acceptors (Lipinski definition) is 4. The average molecular weight is 415 g/mol. The van der Waals surface area contributed by atoms with Crippen LogP contribution in [-0.4, -0.2) is 42.3 Å². The zero-order valence-electron chi connectivity index (χ0n) is 16.2. The molecule has 0 spiro atoms. The summed E-state index contributed by atoms with van der Waals surface area (Å²) in [5, 5.41) is 7.16. The molecule has 0 atom stereocenters. The van der Waals surface area contributed by atoms with Crippen LogP contribution >= 0.6 is 0 Å². The minimum atomic E-state index is -3.67. The highest BCUT2D eigenvalue weighted by molar-refractivity contribution is 7.89. The second-order valence-corrected chi connectivity index (χ2v) is 8.84. The summed E-state index contributed by atoms with van der Waals surface area (Å²) in [6, 6.07) is 14.0. The van der Waals surface area contributed by atoms with Crippen LogP contribution < -0.4 is 0 Å². The maximum atomic E-state index is 13.0. The van der Waals surface area contributed by atoms with Crippen molar-refractivity contribution in [1.82, 2.24) is 14.5 Å². The van der Waals surface area contributed by atoms with E-state index in [0.29, 0.717) is 30.6 Å². The Morgan fingerprint density at radius 3 is 2.55 bits per heavy atom. The van der Waals surface area contributed by atoms with Gasteiger partial charge in [-0.2, -0.15) is 5.10 Å². The van der Waals surface area contributed by atoms with Gasteiger partial charge in [0.25, 0.3) is 0 Å². The molecule has 1 heterocycles. The predicted molar refractivity (Wildman–Crippen MR) is 109 cm³/mol. The van der Waals surface area contributed by atoms with Gasteiger partial charge in [-0.1, -0.05) is 12.1 Å². The van der Waals surface area contributed by atoms with E-state index >= 15 is 0 Å². The summed E-state index contributed by atoms with van der Waals surface area (Å²) in [7, 11) is -2.15. The lowest BCUT2D eigenvalue weighted by molar-refractivity contribution is 0.101. The summed E-state index contributed by atoms with van der Waals surface area (Å²) < 4.78 is 39.8. The number of halogens is 1. The number of nitrogens with zero attached hydrogens (tertiary/aromatic N) is 2. The van der Waals surface area contributed by atoms with E-state index in [0.717, 1.165) is 11.3 Å². The molecule has 1 N–H and O–H groups in total. The molecule has 2 aromatic carbocycles. The molecule has 0 saturated carbocycles. The Labute approximate surface area is 169 Å². The number of ketones is 1. The normalized spacial score (nSPS) is 11.7. The molecule has 0 radical (unpaired) electrons. The van der Waals surface area contributed by atoms with E-state index in [9.17, 15) is 17.6 Å². The summed E-state index contributed by atoms with van der Waals surface area (Å²) in [5.41, 5.74) is 2.75. The van der Waals surface area contributed by atoms with Gasteiger partial charge in [-0.3, -0.25) is 9.89 Å². The first-order chi connectivity index (χ1) is 13.8. The number of rotatable bonds is 8. The summed E-state index contributed by atoms with van der Waals surface area (Å²) >= 11 is 0. The van der Waals surface area contributed by atoms with Crippen molar-refractivity contribution >= 4 is 15.8 Å². The van der Waals surface area contributed by atoms with Crippen LogP contribution in [0.15, 0.2) is 59.5 Å². The monoisotopic (exact) mass is 415 g/mol. The second kappa shape index (κ2) is 8.67. The molecular formula is C21H22FN3O3S. The number of hydrogen-bond donors (Lipinski definition) is 1. The van der Waals surface area contributed by atoms with Crippen LogP contribution in [0.5, 0.6) is 0 Å². The van der Waals surface area contributed by atoms with E-state index in [4.69, 9.17) is 0 Å². The second-order valence-electron chi connectivity index (χ2n) is 6.80. The number of carbonyl (C=O) groups is 1. The zero-order valence-corrected chi connectivity index (χ0v) is 17.0. The van der Waals surface area contributed by atoms with E-state index in [1.54, 1.807) is 24.3 Å². The standard InChI is InChI=1S/C21H22FN3O3S/c1-15(26)17-5-3-7-20(13-17)29(27,28)25(2)12-4-6-19-14-21(24-23-19)16-8-10-18(22)11-9-16/h3,5,7-11,13-14H,4,6,12H2,1-2H3,(H,23,24). The molecule has 3 aromatic rings. The van der Waals surface area contributed by atoms with Gasteiger partial charge in [-0.25, -0.2) is 17.1 Å². The van der Waals surface area contributed by atoms with Crippen molar-refractivity contribution in [2.75, 3.05) is 13.6 Å². The SMILES string of the molecule is CC(=O)c1cccc(S(=O)(=O)N(C)CCCc2cc(-c3ccc(F)cc3)n[nH]2)c1. The van der Waals surface area contributed by atoms with Crippen LogP contribution in [0.2, 0.25) is 0 Å². The lowest BCUT2D eigenvalue weighted by Gasteiger charge is -2.17. The van der Waals surface area contributed by atoms with Crippen molar-refractivity contribution in [1.29, 1.82) is 0 Å². The molecule has 29 heavy (non-hydrogen) atoms. The van der Waals surface area contributed by atoms with Crippen LogP contribution in [0.1, 0.15) is 29.4 Å². The van der Waals surface area contributed by atoms with Crippen molar-refractivity contribution < 1.29 is 17.6 Å². The Hall–Kier alpha value is -2.84. The zero-order chi connectivity index (χ0) is 21.0. The van der Waals surface area contributed by atoms with Gasteiger partial charge in [0, 0.05) is 30.4 Å². The molecule has 152 valence electrons. The topological polar surface area (TPSA) is 83.1 Å². The van der Waals surface area contributed by atoms with E-state index in [1.807, 2.05) is 6.07 Å². The van der Waals surface area contributed by atoms with Gasteiger partial charge in [-0.05, 0) is 62.2 Å². The summed E-state index contributed by atoms with van der Waals surface area (Å²) in [6.45, 7) is 1.72. The largest absolute Gasteiger partial charge is 0.295 e. The Kier molecular flexibility index (Phi) is 6.24. The van der Waals surface area contributed by atoms with Gasteiger partial charge in [0.15, 0.2) is 5.78 Å². The van der Waals surface area contributed by atoms with E-state index in [-0.39, 0.29) is 16.5 Å². The highest BCUT2D eigenvalue weighted by Crippen LogP contribution is 2.20. The molecule has 0 bridgehead atoms. The van der Waals surface area contributed by atoms with Crippen molar-refractivity contribution in [3.05, 3.63) is 71.7 Å². The molecule has 0 aliphatic carbocycles. The Morgan fingerprint density at radius 2 is 1.86 bits per heavy atom. The fourth-order valence-corrected chi connectivity index (χ4v) is 4.18. The van der Waals surface area contributed by atoms with E-state index in [1.165, 1.54) is 42.5 Å². The van der Waals surface area contributed by atoms with Gasteiger partial charge < -0.3 is 0 Å². The van der Waals surface area contributed by atoms with Gasteiger partial charge in [0.05, 0.1) is 10.6 Å². The van der Waals surface area contributed by atoms with Gasteiger partial charge in [0.1, 0.15) is 5.82 Å². The average Bonchev–Trinajstić information content (AvgIpc) is 3.17. The number of benzene rings is 2. The predicted octanol–water partition coefficient (Wildman–Crippen LogP) is 3.67. The number of aromatic nitrogens is 2. The summed E-state index contributed by atoms with van der Waals surface area (Å²) in [5.74, 6) is -0.483. The van der Waals surface area contributed by atoms with E-state index in [2.05, 4.69) is 10.2 Å². The van der Waals surface area contributed by atoms with E-state index < -0.39 is 10.0 Å². The molecular weight excluding hydrogens is 393 g/mol. The Bertz CT molecular complexity index is 1110. The number of carbonyl (C=O) groups excluding carboxylic acids is 1. The molecule has 6 nitrogen and oxygen atoms in total. The number of aromatic amines is 1. The number of nitrogens with one attached hydrogen (secondary N) is 1. The third-order valence-corrected chi connectivity index (χ3v) is 6.49. The quantitative estimate of drug-likeness (QED) is 0.569. The molecule has 0 saturated heterocycles. The number of sulfonamides is 1. The van der Waals surface area contributed by atoms with Crippen LogP contribution in [0, 0.1) is 5.82 Å². The first-order valence-electron chi connectivity index (χ1n) is 9.15. The van der Waals surface area contributed by atoms with Crippen LogP contribution in [0.4, 0.5) is 4.39 Å². The first-order valence-corrected chi connectivity index (χ1v) is 10.6. The first kappa shape index (κ1) is 20.9. The fraction of sp³-hybridized carbons (Fsp3) is 0.238. The van der Waals surface area contributed by atoms with Crippen molar-refractivity contribution in [3.8, 4) is 11.3 Å². The molecule has 1 aromatic heterocycles. The highest BCUT2D eigenvalue weighted by Gasteiger charge is 2.21. The molecule has 3 rings (SSSR count). The molecule has 0 aliphatic rings. The Balaban J connectivity index is 1.61. The van der Waals surface area contributed by atoms with Crippen molar-refractivity contribution in [2.24, 2.45) is 0 Å². The van der Waals surface area contributed by atoms with Crippen LogP contribution in [-0.2, 0) is 16.4 Å².